The van der Waals surface area contributed by atoms with E-state index in [9.17, 15) is 45.6 Å². The summed E-state index contributed by atoms with van der Waals surface area (Å²) in [7, 11) is -1.33. The number of carbonyl (C=O) groups excluding carboxylic acids is 6. The maximum atomic E-state index is 12.0. The average molecular weight is 977 g/mol. The largest absolute Gasteiger partial charge is 0.465 e. The molecule has 8 rings (SSSR count). The summed E-state index contributed by atoms with van der Waals surface area (Å²) in [6.07, 6.45) is 13.6. The number of carbonyl (C=O) groups is 6. The third kappa shape index (κ3) is 11.5. The number of hydroxylamine groups is 4. The second-order valence-electron chi connectivity index (χ2n) is 18.9. The van der Waals surface area contributed by atoms with Crippen molar-refractivity contribution in [2.45, 2.75) is 115 Å². The van der Waals surface area contributed by atoms with Gasteiger partial charge in [-0.05, 0) is 81.5 Å². The topological polar surface area (TPSA) is 251 Å². The molecule has 22 heteroatoms. The summed E-state index contributed by atoms with van der Waals surface area (Å²) in [5.74, 6) is -1.80. The van der Waals surface area contributed by atoms with Crippen LogP contribution in [0.4, 0.5) is 0 Å². The first-order valence-electron chi connectivity index (χ1n) is 22.5. The monoisotopic (exact) mass is 976 g/mol. The van der Waals surface area contributed by atoms with Crippen LogP contribution in [0.15, 0.2) is 12.2 Å². The second kappa shape index (κ2) is 21.5. The molecule has 14 unspecified atom stereocenters. The molecule has 4 amide bonds. The molecule has 2 saturated heterocycles. The lowest BCUT2D eigenvalue weighted by molar-refractivity contribution is -0.167. The fourth-order valence-corrected chi connectivity index (χ4v) is 12.8. The molecule has 20 nitrogen and oxygen atoms in total. The van der Waals surface area contributed by atoms with Gasteiger partial charge < -0.3 is 28.4 Å². The zero-order valence-corrected chi connectivity index (χ0v) is 41.3. The molecule has 4 bridgehead atoms. The van der Waals surface area contributed by atoms with Crippen LogP contribution in [0.1, 0.15) is 91.9 Å². The molecule has 0 aromatic rings. The lowest BCUT2D eigenvalue weighted by atomic mass is 9.78. The van der Waals surface area contributed by atoms with Gasteiger partial charge in [-0.3, -0.25) is 28.8 Å². The van der Waals surface area contributed by atoms with E-state index in [4.69, 9.17) is 28.4 Å². The van der Waals surface area contributed by atoms with Crippen LogP contribution in [0.2, 0.25) is 0 Å². The predicted molar refractivity (Wildman–Crippen MR) is 231 cm³/mol. The van der Waals surface area contributed by atoms with Crippen molar-refractivity contribution in [3.8, 4) is 0 Å². The fraction of sp³-hybridized carbons (Fsp3) is 0.818. The van der Waals surface area contributed by atoms with Crippen LogP contribution in [-0.4, -0.2) is 140 Å². The first-order valence-corrected chi connectivity index (χ1v) is 26.1. The van der Waals surface area contributed by atoms with Gasteiger partial charge in [0.2, 0.25) is 0 Å². The van der Waals surface area contributed by atoms with Crippen molar-refractivity contribution in [1.29, 1.82) is 0 Å². The Morgan fingerprint density at radius 3 is 1.52 bits per heavy atom. The van der Waals surface area contributed by atoms with E-state index in [1.807, 2.05) is 0 Å². The van der Waals surface area contributed by atoms with Crippen LogP contribution in [0, 0.1) is 59.2 Å². The number of rotatable bonds is 12. The van der Waals surface area contributed by atoms with E-state index >= 15 is 0 Å². The number of imide groups is 2. The molecular formula is C44H68N2O18S2. The number of amides is 4. The van der Waals surface area contributed by atoms with E-state index in [0.717, 1.165) is 56.5 Å². The van der Waals surface area contributed by atoms with Gasteiger partial charge in [0, 0.05) is 54.1 Å². The van der Waals surface area contributed by atoms with Crippen LogP contribution in [0.5, 0.6) is 0 Å². The third-order valence-electron chi connectivity index (χ3n) is 15.3. The molecule has 0 radical (unpaired) electrons. The first-order chi connectivity index (χ1) is 30.9. The van der Waals surface area contributed by atoms with Gasteiger partial charge in [0.1, 0.15) is 0 Å². The minimum atomic E-state index is -3.92. The van der Waals surface area contributed by atoms with Crippen molar-refractivity contribution < 1.29 is 82.6 Å². The van der Waals surface area contributed by atoms with Gasteiger partial charge in [-0.25, -0.2) is 0 Å². The zero-order chi connectivity index (χ0) is 49.1. The summed E-state index contributed by atoms with van der Waals surface area (Å²) in [5.41, 5.74) is -0.000926. The number of nitrogens with zero attached hydrogens (tertiary/aromatic N) is 2. The number of fused-ring (bicyclic) bond motifs is 6. The molecular weight excluding hydrogens is 909 g/mol. The van der Waals surface area contributed by atoms with Gasteiger partial charge in [0.25, 0.3) is 43.9 Å². The molecule has 2 heterocycles. The van der Waals surface area contributed by atoms with Gasteiger partial charge in [0.05, 0.1) is 72.8 Å². The van der Waals surface area contributed by atoms with Gasteiger partial charge in [0.15, 0.2) is 0 Å². The summed E-state index contributed by atoms with van der Waals surface area (Å²) in [4.78, 5) is 69.6. The van der Waals surface area contributed by atoms with E-state index < -0.39 is 73.6 Å². The molecule has 374 valence electrons. The van der Waals surface area contributed by atoms with Crippen LogP contribution >= 0.6 is 0 Å². The van der Waals surface area contributed by atoms with Crippen molar-refractivity contribution in [3.05, 3.63) is 12.2 Å². The maximum Gasteiger partial charge on any atom is 0.302 e. The van der Waals surface area contributed by atoms with Crippen molar-refractivity contribution >= 4 is 55.8 Å². The smallest absolute Gasteiger partial charge is 0.302 e. The lowest BCUT2D eigenvalue weighted by Gasteiger charge is -2.36. The SMILES string of the molecule is COC12CCC(C1)C(C)C2COC(C)=O.COC12CCC(C1)C(C)C2COC(C)=O.COC1C=CCC2C(=O)N(OS(C)(=O)=O)C(=O)C12.COC1CCCC2C(=O)N(OS(C)(=O)=O)C(=O)C12. The van der Waals surface area contributed by atoms with Crippen molar-refractivity contribution in [2.24, 2.45) is 59.2 Å². The normalized spacial score (nSPS) is 37.3. The summed E-state index contributed by atoms with van der Waals surface area (Å²) in [6.45, 7) is 8.52. The molecule has 6 aliphatic carbocycles. The lowest BCUT2D eigenvalue weighted by Crippen LogP contribution is -2.40. The Balaban J connectivity index is 0.000000166. The van der Waals surface area contributed by atoms with E-state index in [1.165, 1.54) is 40.9 Å². The number of hydrogen-bond donors (Lipinski definition) is 0. The Kier molecular flexibility index (Phi) is 17.5. The molecule has 5 saturated carbocycles. The molecule has 14 atom stereocenters. The Morgan fingerprint density at radius 1 is 0.652 bits per heavy atom. The number of allylic oxidation sites excluding steroid dienone is 1. The number of hydrogen-bond acceptors (Lipinski definition) is 18. The third-order valence-corrected chi connectivity index (χ3v) is 16.1. The highest BCUT2D eigenvalue weighted by Gasteiger charge is 2.59. The standard InChI is InChI=1S/2C12H20O3.C10H15NO6S.C10H13NO6S/c2*1-8-10-4-5-12(6-10,14-3)11(8)7-15-9(2)13;2*1-16-7-5-3-4-6-8(7)10(13)11(9(6)12)17-18(2,14)15/h2*8,10-11H,4-7H2,1-3H3;6-8H,3-5H2,1-2H3;3,5-8H,4H2,1-2H3. The van der Waals surface area contributed by atoms with Gasteiger partial charge in [-0.1, -0.05) is 32.4 Å². The highest BCUT2D eigenvalue weighted by Crippen LogP contribution is 2.57. The van der Waals surface area contributed by atoms with Crippen LogP contribution in [0.3, 0.4) is 0 Å². The Hall–Kier alpha value is -3.38. The minimum absolute atomic E-state index is 0.000463. The second-order valence-corrected chi connectivity index (χ2v) is 22.0. The predicted octanol–water partition coefficient (Wildman–Crippen LogP) is 3.13. The highest BCUT2D eigenvalue weighted by molar-refractivity contribution is 7.86. The molecule has 66 heavy (non-hydrogen) atoms. The van der Waals surface area contributed by atoms with Gasteiger partial charge in [-0.15, -0.1) is 18.7 Å². The van der Waals surface area contributed by atoms with E-state index in [1.54, 1.807) is 26.4 Å². The van der Waals surface area contributed by atoms with Crippen LogP contribution in [-0.2, 0) is 86.0 Å². The Labute approximate surface area is 388 Å². The summed E-state index contributed by atoms with van der Waals surface area (Å²) in [6, 6.07) is 0. The van der Waals surface area contributed by atoms with E-state index in [-0.39, 0.29) is 29.2 Å². The van der Waals surface area contributed by atoms with E-state index in [2.05, 4.69) is 22.4 Å². The zero-order valence-electron chi connectivity index (χ0n) is 39.6. The van der Waals surface area contributed by atoms with Gasteiger partial charge in [-0.2, -0.15) is 16.8 Å². The first kappa shape index (κ1) is 53.6. The average Bonchev–Trinajstić information content (AvgIpc) is 4.10. The van der Waals surface area contributed by atoms with Gasteiger partial charge >= 0.3 is 11.9 Å². The van der Waals surface area contributed by atoms with Crippen molar-refractivity contribution in [3.63, 3.8) is 0 Å². The Bertz CT molecular complexity index is 2000. The number of ether oxygens (including phenoxy) is 6. The highest BCUT2D eigenvalue weighted by atomic mass is 32.2. The number of esters is 2. The van der Waals surface area contributed by atoms with Crippen LogP contribution < -0.4 is 0 Å². The molecule has 8 aliphatic rings. The summed E-state index contributed by atoms with van der Waals surface area (Å²) in [5, 5.41) is 0.714. The molecule has 2 aliphatic heterocycles. The van der Waals surface area contributed by atoms with Crippen molar-refractivity contribution in [1.82, 2.24) is 10.1 Å². The molecule has 7 fully saturated rings. The molecule has 0 aromatic heterocycles. The molecule has 0 aromatic carbocycles. The summed E-state index contributed by atoms with van der Waals surface area (Å²) >= 11 is 0. The number of methoxy groups -OCH3 is 4. The molecule has 0 N–H and O–H groups in total. The maximum absolute atomic E-state index is 12.0. The minimum Gasteiger partial charge on any atom is -0.465 e. The quantitative estimate of drug-likeness (QED) is 0.155. The van der Waals surface area contributed by atoms with E-state index in [0.29, 0.717) is 66.3 Å². The summed E-state index contributed by atoms with van der Waals surface area (Å²) < 4.78 is 85.0. The van der Waals surface area contributed by atoms with Crippen LogP contribution in [0.25, 0.3) is 0 Å². The Morgan fingerprint density at radius 2 is 1.11 bits per heavy atom. The molecule has 0 spiro atoms. The fourth-order valence-electron chi connectivity index (χ4n) is 11.9. The van der Waals surface area contributed by atoms with Crippen molar-refractivity contribution in [2.75, 3.05) is 54.2 Å².